The van der Waals surface area contributed by atoms with E-state index >= 15 is 0 Å². The van der Waals surface area contributed by atoms with Gasteiger partial charge in [-0.15, -0.1) is 0 Å². The van der Waals surface area contributed by atoms with Crippen LogP contribution in [0.15, 0.2) is 28.9 Å². The SMILES string of the molecule is COC/C=C(/C)c1ccc(Br)cn1. The maximum absolute atomic E-state index is 4.94. The molecule has 0 radical (unpaired) electrons. The van der Waals surface area contributed by atoms with E-state index in [0.717, 1.165) is 15.7 Å². The molecule has 0 N–H and O–H groups in total. The fourth-order valence-corrected chi connectivity index (χ4v) is 1.16. The van der Waals surface area contributed by atoms with Gasteiger partial charge in [0.1, 0.15) is 0 Å². The van der Waals surface area contributed by atoms with Crippen molar-refractivity contribution in [1.82, 2.24) is 4.98 Å². The molecule has 0 atom stereocenters. The first-order valence-electron chi connectivity index (χ1n) is 4.01. The highest BCUT2D eigenvalue weighted by Gasteiger charge is 1.95. The largest absolute Gasteiger partial charge is 0.381 e. The Hall–Kier alpha value is -0.670. The maximum atomic E-state index is 4.94. The zero-order chi connectivity index (χ0) is 9.68. The van der Waals surface area contributed by atoms with Crippen molar-refractivity contribution in [3.8, 4) is 0 Å². The number of nitrogens with zero attached hydrogens (tertiary/aromatic N) is 1. The number of pyridine rings is 1. The van der Waals surface area contributed by atoms with Gasteiger partial charge in [-0.1, -0.05) is 6.08 Å². The van der Waals surface area contributed by atoms with E-state index in [2.05, 4.69) is 20.9 Å². The summed E-state index contributed by atoms with van der Waals surface area (Å²) in [4.78, 5) is 4.26. The van der Waals surface area contributed by atoms with E-state index in [-0.39, 0.29) is 0 Å². The molecule has 2 nitrogen and oxygen atoms in total. The Morgan fingerprint density at radius 1 is 1.62 bits per heavy atom. The lowest BCUT2D eigenvalue weighted by atomic mass is 10.2. The lowest BCUT2D eigenvalue weighted by molar-refractivity contribution is 0.234. The van der Waals surface area contributed by atoms with E-state index in [1.807, 2.05) is 25.1 Å². The van der Waals surface area contributed by atoms with Crippen LogP contribution in [0.3, 0.4) is 0 Å². The molecule has 1 rings (SSSR count). The fraction of sp³-hybridized carbons (Fsp3) is 0.300. The Labute approximate surface area is 86.8 Å². The van der Waals surface area contributed by atoms with Crippen molar-refractivity contribution in [3.05, 3.63) is 34.6 Å². The highest BCUT2D eigenvalue weighted by atomic mass is 79.9. The van der Waals surface area contributed by atoms with E-state index in [9.17, 15) is 0 Å². The Bertz CT molecular complexity index is 292. The van der Waals surface area contributed by atoms with Crippen molar-refractivity contribution in [2.75, 3.05) is 13.7 Å². The van der Waals surface area contributed by atoms with Crippen LogP contribution in [0.2, 0.25) is 0 Å². The van der Waals surface area contributed by atoms with Crippen LogP contribution in [0.25, 0.3) is 5.57 Å². The topological polar surface area (TPSA) is 22.1 Å². The van der Waals surface area contributed by atoms with Gasteiger partial charge in [-0.2, -0.15) is 0 Å². The number of rotatable bonds is 3. The molecule has 0 aliphatic rings. The van der Waals surface area contributed by atoms with Gasteiger partial charge in [-0.05, 0) is 40.6 Å². The number of allylic oxidation sites excluding steroid dienone is 1. The van der Waals surface area contributed by atoms with Gasteiger partial charge in [0, 0.05) is 17.8 Å². The number of ether oxygens (including phenoxy) is 1. The number of methoxy groups -OCH3 is 1. The van der Waals surface area contributed by atoms with Crippen molar-refractivity contribution in [3.63, 3.8) is 0 Å². The molecule has 0 spiro atoms. The van der Waals surface area contributed by atoms with Crippen LogP contribution in [-0.4, -0.2) is 18.7 Å². The second-order valence-corrected chi connectivity index (χ2v) is 3.62. The molecular formula is C10H12BrNO. The summed E-state index contributed by atoms with van der Waals surface area (Å²) in [5.41, 5.74) is 2.12. The van der Waals surface area contributed by atoms with E-state index < -0.39 is 0 Å². The molecule has 70 valence electrons. The molecule has 0 unspecified atom stereocenters. The van der Waals surface area contributed by atoms with Crippen LogP contribution in [0.5, 0.6) is 0 Å². The molecule has 13 heavy (non-hydrogen) atoms. The Kier molecular flexibility index (Phi) is 4.12. The Morgan fingerprint density at radius 3 is 2.92 bits per heavy atom. The number of halogens is 1. The summed E-state index contributed by atoms with van der Waals surface area (Å²) in [6.07, 6.45) is 3.80. The third-order valence-electron chi connectivity index (χ3n) is 1.69. The summed E-state index contributed by atoms with van der Waals surface area (Å²) < 4.78 is 5.94. The van der Waals surface area contributed by atoms with Crippen molar-refractivity contribution in [1.29, 1.82) is 0 Å². The van der Waals surface area contributed by atoms with E-state index in [1.54, 1.807) is 13.3 Å². The van der Waals surface area contributed by atoms with Crippen LogP contribution < -0.4 is 0 Å². The van der Waals surface area contributed by atoms with Gasteiger partial charge in [-0.25, -0.2) is 0 Å². The highest BCUT2D eigenvalue weighted by molar-refractivity contribution is 9.10. The Balaban J connectivity index is 2.77. The Morgan fingerprint density at radius 2 is 2.38 bits per heavy atom. The van der Waals surface area contributed by atoms with E-state index in [4.69, 9.17) is 4.74 Å². The van der Waals surface area contributed by atoms with Gasteiger partial charge >= 0.3 is 0 Å². The standard InChI is InChI=1S/C10H12BrNO/c1-8(5-6-13-2)10-4-3-9(11)7-12-10/h3-5,7H,6H2,1-2H3/b8-5-. The predicted molar refractivity (Wildman–Crippen MR) is 57.5 cm³/mol. The molecule has 3 heteroatoms. The normalized spacial score (nSPS) is 11.8. The minimum absolute atomic E-state index is 0.629. The number of hydrogen-bond donors (Lipinski definition) is 0. The lowest BCUT2D eigenvalue weighted by Gasteiger charge is -2.00. The second kappa shape index (κ2) is 5.14. The first-order chi connectivity index (χ1) is 6.24. The van der Waals surface area contributed by atoms with Gasteiger partial charge in [-0.3, -0.25) is 4.98 Å². The summed E-state index contributed by atoms with van der Waals surface area (Å²) in [5.74, 6) is 0. The van der Waals surface area contributed by atoms with Gasteiger partial charge in [0.25, 0.3) is 0 Å². The summed E-state index contributed by atoms with van der Waals surface area (Å²) in [6.45, 7) is 2.65. The van der Waals surface area contributed by atoms with Crippen LogP contribution in [0, 0.1) is 0 Å². The maximum Gasteiger partial charge on any atom is 0.0657 e. The summed E-state index contributed by atoms with van der Waals surface area (Å²) in [6, 6.07) is 3.96. The molecule has 1 heterocycles. The molecule has 0 fully saturated rings. The number of hydrogen-bond acceptors (Lipinski definition) is 2. The molecule has 1 aromatic rings. The van der Waals surface area contributed by atoms with Gasteiger partial charge in [0.2, 0.25) is 0 Å². The summed E-state index contributed by atoms with van der Waals surface area (Å²) >= 11 is 3.34. The average molecular weight is 242 g/mol. The lowest BCUT2D eigenvalue weighted by Crippen LogP contribution is -1.88. The zero-order valence-corrected chi connectivity index (χ0v) is 9.34. The summed E-state index contributed by atoms with van der Waals surface area (Å²) in [5, 5.41) is 0. The van der Waals surface area contributed by atoms with Crippen LogP contribution in [0.1, 0.15) is 12.6 Å². The van der Waals surface area contributed by atoms with Crippen molar-refractivity contribution in [2.24, 2.45) is 0 Å². The molecule has 0 saturated heterocycles. The molecule has 0 saturated carbocycles. The molecule has 0 bridgehead atoms. The molecule has 1 aromatic heterocycles. The third-order valence-corrected chi connectivity index (χ3v) is 2.16. The molecule has 0 aliphatic heterocycles. The minimum Gasteiger partial charge on any atom is -0.381 e. The molecule has 0 aromatic carbocycles. The van der Waals surface area contributed by atoms with Crippen LogP contribution >= 0.6 is 15.9 Å². The minimum atomic E-state index is 0.629. The quantitative estimate of drug-likeness (QED) is 0.812. The summed E-state index contributed by atoms with van der Waals surface area (Å²) in [7, 11) is 1.68. The monoisotopic (exact) mass is 241 g/mol. The van der Waals surface area contributed by atoms with Crippen molar-refractivity contribution in [2.45, 2.75) is 6.92 Å². The predicted octanol–water partition coefficient (Wildman–Crippen LogP) is 2.89. The van der Waals surface area contributed by atoms with Gasteiger partial charge in [0.15, 0.2) is 0 Å². The smallest absolute Gasteiger partial charge is 0.0657 e. The second-order valence-electron chi connectivity index (χ2n) is 2.70. The van der Waals surface area contributed by atoms with Crippen LogP contribution in [0.4, 0.5) is 0 Å². The third kappa shape index (κ3) is 3.28. The molecule has 0 amide bonds. The van der Waals surface area contributed by atoms with Gasteiger partial charge < -0.3 is 4.74 Å². The molecular weight excluding hydrogens is 230 g/mol. The zero-order valence-electron chi connectivity index (χ0n) is 7.75. The van der Waals surface area contributed by atoms with Crippen molar-refractivity contribution < 1.29 is 4.74 Å². The first-order valence-corrected chi connectivity index (χ1v) is 4.81. The molecule has 0 aliphatic carbocycles. The van der Waals surface area contributed by atoms with E-state index in [1.165, 1.54) is 0 Å². The van der Waals surface area contributed by atoms with Crippen molar-refractivity contribution >= 4 is 21.5 Å². The fourth-order valence-electron chi connectivity index (χ4n) is 0.922. The van der Waals surface area contributed by atoms with Crippen LogP contribution in [-0.2, 0) is 4.74 Å². The van der Waals surface area contributed by atoms with E-state index in [0.29, 0.717) is 6.61 Å². The first kappa shape index (κ1) is 10.4. The average Bonchev–Trinajstić information content (AvgIpc) is 2.15. The highest BCUT2D eigenvalue weighted by Crippen LogP contribution is 2.13. The number of aromatic nitrogens is 1. The van der Waals surface area contributed by atoms with Gasteiger partial charge in [0.05, 0.1) is 12.3 Å².